The highest BCUT2D eigenvalue weighted by Gasteiger charge is 2.21. The number of fused-ring (bicyclic) bond motifs is 1. The second-order valence-electron chi connectivity index (χ2n) is 9.70. The number of pyridine rings is 2. The Morgan fingerprint density at radius 2 is 1.85 bits per heavy atom. The zero-order valence-corrected chi connectivity index (χ0v) is 20.0. The van der Waals surface area contributed by atoms with Gasteiger partial charge in [-0.15, -0.1) is 5.10 Å². The molecule has 0 bridgehead atoms. The number of rotatable bonds is 4. The van der Waals surface area contributed by atoms with Gasteiger partial charge < -0.3 is 10.2 Å². The summed E-state index contributed by atoms with van der Waals surface area (Å²) in [6.45, 7) is 8.62. The van der Waals surface area contributed by atoms with Crippen molar-refractivity contribution in [2.24, 2.45) is 0 Å². The van der Waals surface area contributed by atoms with Gasteiger partial charge in [-0.3, -0.25) is 0 Å². The minimum Gasteiger partial charge on any atom is -0.371 e. The Hall–Kier alpha value is -3.12. The maximum Gasteiger partial charge on any atom is 0.243 e. The zero-order chi connectivity index (χ0) is 23.0. The Bertz CT molecular complexity index is 1270. The van der Waals surface area contributed by atoms with E-state index in [0.717, 1.165) is 48.4 Å². The number of nitrogens with zero attached hydrogens (tertiary/aromatic N) is 5. The molecule has 6 nitrogen and oxygen atoms in total. The van der Waals surface area contributed by atoms with Gasteiger partial charge in [0, 0.05) is 42.8 Å². The first-order chi connectivity index (χ1) is 15.9. The number of halogens is 1. The monoisotopic (exact) mass is 460 g/mol. The van der Waals surface area contributed by atoms with Crippen molar-refractivity contribution in [1.82, 2.24) is 19.6 Å². The Balaban J connectivity index is 1.33. The average molecular weight is 461 g/mol. The van der Waals surface area contributed by atoms with E-state index in [-0.39, 0.29) is 5.41 Å². The summed E-state index contributed by atoms with van der Waals surface area (Å²) in [5.74, 6) is 0.680. The summed E-state index contributed by atoms with van der Waals surface area (Å²) in [7, 11) is 0. The van der Waals surface area contributed by atoms with Gasteiger partial charge in [0.1, 0.15) is 5.15 Å². The first-order valence-electron chi connectivity index (χ1n) is 11.5. The quantitative estimate of drug-likeness (QED) is 0.388. The lowest BCUT2D eigenvalue weighted by Crippen LogP contribution is -2.39. The van der Waals surface area contributed by atoms with Crippen LogP contribution in [0.5, 0.6) is 0 Å². The predicted octanol–water partition coefficient (Wildman–Crippen LogP) is 5.82. The molecule has 0 amide bonds. The number of hydrogen-bond donors (Lipinski definition) is 1. The number of aromatic nitrogens is 4. The maximum atomic E-state index is 6.06. The van der Waals surface area contributed by atoms with E-state index in [4.69, 9.17) is 21.7 Å². The third kappa shape index (κ3) is 4.67. The molecule has 1 aliphatic heterocycles. The number of hydrogen-bond acceptors (Lipinski definition) is 5. The SMILES string of the molecule is CC(C)(C)c1cccc(-c2cccn3nc(NC4CCN(c5ccnc(Cl)c5)CC4)nc23)c1. The van der Waals surface area contributed by atoms with Crippen molar-refractivity contribution in [2.75, 3.05) is 23.3 Å². The Morgan fingerprint density at radius 3 is 2.61 bits per heavy atom. The second-order valence-corrected chi connectivity index (χ2v) is 10.1. The summed E-state index contributed by atoms with van der Waals surface area (Å²) in [6.07, 6.45) is 5.74. The minimum absolute atomic E-state index is 0.0952. The third-order valence-corrected chi connectivity index (χ3v) is 6.51. The second kappa shape index (κ2) is 8.67. The van der Waals surface area contributed by atoms with E-state index < -0.39 is 0 Å². The lowest BCUT2D eigenvalue weighted by Gasteiger charge is -2.33. The lowest BCUT2D eigenvalue weighted by molar-refractivity contribution is 0.524. The molecule has 0 saturated carbocycles. The number of benzene rings is 1. The molecule has 0 spiro atoms. The molecule has 4 heterocycles. The topological polar surface area (TPSA) is 58.4 Å². The van der Waals surface area contributed by atoms with Crippen molar-refractivity contribution in [3.8, 4) is 11.1 Å². The molecule has 1 fully saturated rings. The molecule has 7 heteroatoms. The molecule has 0 radical (unpaired) electrons. The van der Waals surface area contributed by atoms with Crippen LogP contribution in [0.25, 0.3) is 16.8 Å². The van der Waals surface area contributed by atoms with E-state index >= 15 is 0 Å². The van der Waals surface area contributed by atoms with Crippen LogP contribution in [0.2, 0.25) is 5.15 Å². The fourth-order valence-corrected chi connectivity index (χ4v) is 4.57. The molecule has 1 N–H and O–H groups in total. The molecule has 1 aliphatic rings. The van der Waals surface area contributed by atoms with Gasteiger partial charge >= 0.3 is 0 Å². The van der Waals surface area contributed by atoms with Crippen LogP contribution in [-0.4, -0.2) is 38.7 Å². The van der Waals surface area contributed by atoms with Crippen LogP contribution in [0, 0.1) is 0 Å². The Kier molecular flexibility index (Phi) is 5.71. The van der Waals surface area contributed by atoms with Gasteiger partial charge in [-0.2, -0.15) is 4.98 Å². The predicted molar refractivity (Wildman–Crippen MR) is 135 cm³/mol. The van der Waals surface area contributed by atoms with Gasteiger partial charge in [0.2, 0.25) is 5.95 Å². The summed E-state index contributed by atoms with van der Waals surface area (Å²) in [5, 5.41) is 8.80. The normalized spacial score (nSPS) is 15.2. The zero-order valence-electron chi connectivity index (χ0n) is 19.3. The van der Waals surface area contributed by atoms with Crippen molar-refractivity contribution in [2.45, 2.75) is 45.1 Å². The molecule has 1 saturated heterocycles. The highest BCUT2D eigenvalue weighted by molar-refractivity contribution is 6.29. The molecule has 0 unspecified atom stereocenters. The Morgan fingerprint density at radius 1 is 1.03 bits per heavy atom. The van der Waals surface area contributed by atoms with Gasteiger partial charge in [-0.1, -0.05) is 56.6 Å². The van der Waals surface area contributed by atoms with E-state index in [1.54, 1.807) is 6.20 Å². The van der Waals surface area contributed by atoms with Gasteiger partial charge in [0.15, 0.2) is 5.65 Å². The summed E-state index contributed by atoms with van der Waals surface area (Å²) in [5.41, 5.74) is 5.65. The van der Waals surface area contributed by atoms with Crippen LogP contribution < -0.4 is 10.2 Å². The van der Waals surface area contributed by atoms with Crippen LogP contribution in [-0.2, 0) is 5.41 Å². The first-order valence-corrected chi connectivity index (χ1v) is 11.8. The largest absolute Gasteiger partial charge is 0.371 e. The molecule has 33 heavy (non-hydrogen) atoms. The third-order valence-electron chi connectivity index (χ3n) is 6.31. The molecule has 3 aromatic heterocycles. The smallest absolute Gasteiger partial charge is 0.243 e. The highest BCUT2D eigenvalue weighted by atomic mass is 35.5. The van der Waals surface area contributed by atoms with Gasteiger partial charge in [0.25, 0.3) is 0 Å². The molecule has 5 rings (SSSR count). The van der Waals surface area contributed by atoms with E-state index in [1.807, 2.05) is 28.9 Å². The van der Waals surface area contributed by atoms with Crippen molar-refractivity contribution >= 4 is 28.9 Å². The van der Waals surface area contributed by atoms with Crippen LogP contribution in [0.15, 0.2) is 60.9 Å². The lowest BCUT2D eigenvalue weighted by atomic mass is 9.85. The van der Waals surface area contributed by atoms with E-state index in [1.165, 1.54) is 5.56 Å². The van der Waals surface area contributed by atoms with Gasteiger partial charge in [-0.05, 0) is 53.6 Å². The highest BCUT2D eigenvalue weighted by Crippen LogP contribution is 2.30. The molecular formula is C26H29ClN6. The first kappa shape index (κ1) is 21.7. The van der Waals surface area contributed by atoms with Crippen molar-refractivity contribution in [1.29, 1.82) is 0 Å². The minimum atomic E-state index is 0.0952. The standard InChI is InChI=1S/C26H29ClN6/c1-26(2,3)19-7-4-6-18(16-19)22-8-5-13-33-24(22)30-25(31-33)29-20-10-14-32(15-11-20)21-9-12-28-23(27)17-21/h4-9,12-13,16-17,20H,10-11,14-15H2,1-3H3,(H,29,31). The fourth-order valence-electron chi connectivity index (χ4n) is 4.40. The van der Waals surface area contributed by atoms with Gasteiger partial charge in [0.05, 0.1) is 0 Å². The van der Waals surface area contributed by atoms with Crippen molar-refractivity contribution < 1.29 is 0 Å². The molecule has 1 aromatic carbocycles. The summed E-state index contributed by atoms with van der Waals surface area (Å²) < 4.78 is 1.87. The van der Waals surface area contributed by atoms with Crippen molar-refractivity contribution in [3.05, 3.63) is 71.6 Å². The van der Waals surface area contributed by atoms with Gasteiger partial charge in [-0.25, -0.2) is 9.50 Å². The van der Waals surface area contributed by atoms with E-state index in [9.17, 15) is 0 Å². The summed E-state index contributed by atoms with van der Waals surface area (Å²) in [4.78, 5) is 11.3. The molecular weight excluding hydrogens is 432 g/mol. The fraction of sp³-hybridized carbons (Fsp3) is 0.346. The molecule has 4 aromatic rings. The van der Waals surface area contributed by atoms with Crippen LogP contribution in [0.1, 0.15) is 39.2 Å². The van der Waals surface area contributed by atoms with Crippen molar-refractivity contribution in [3.63, 3.8) is 0 Å². The number of piperidine rings is 1. The average Bonchev–Trinajstić information content (AvgIpc) is 3.21. The van der Waals surface area contributed by atoms with Crippen LogP contribution in [0.3, 0.4) is 0 Å². The van der Waals surface area contributed by atoms with Crippen LogP contribution in [0.4, 0.5) is 11.6 Å². The molecule has 0 atom stereocenters. The molecule has 0 aliphatic carbocycles. The number of nitrogens with one attached hydrogen (secondary N) is 1. The summed E-state index contributed by atoms with van der Waals surface area (Å²) >= 11 is 6.06. The van der Waals surface area contributed by atoms with E-state index in [0.29, 0.717) is 17.1 Å². The summed E-state index contributed by atoms with van der Waals surface area (Å²) in [6, 6.07) is 17.1. The Labute approximate surface area is 199 Å². The molecule has 170 valence electrons. The maximum absolute atomic E-state index is 6.06. The van der Waals surface area contributed by atoms with E-state index in [2.05, 4.69) is 66.3 Å². The van der Waals surface area contributed by atoms with Crippen LogP contribution >= 0.6 is 11.6 Å². The number of anilines is 2.